The molecule has 0 saturated carbocycles. The number of halogens is 1. The van der Waals surface area contributed by atoms with E-state index in [0.29, 0.717) is 0 Å². The zero-order valence-electron chi connectivity index (χ0n) is 15.3. The summed E-state index contributed by atoms with van der Waals surface area (Å²) in [5.41, 5.74) is -0.830. The van der Waals surface area contributed by atoms with E-state index >= 15 is 0 Å². The Hall–Kier alpha value is -3.74. The van der Waals surface area contributed by atoms with E-state index in [4.69, 9.17) is 5.26 Å². The molecular formula is C18H17FN6O3. The first-order chi connectivity index (χ1) is 13.4. The van der Waals surface area contributed by atoms with Gasteiger partial charge in [-0.3, -0.25) is 18.7 Å². The molecule has 0 aliphatic heterocycles. The number of fused-ring (bicyclic) bond motifs is 1. The highest BCUT2D eigenvalue weighted by Crippen LogP contribution is 2.20. The van der Waals surface area contributed by atoms with Gasteiger partial charge in [0.15, 0.2) is 11.2 Å². The maximum Gasteiger partial charge on any atom is 0.332 e. The lowest BCUT2D eigenvalue weighted by molar-refractivity contribution is -0.119. The summed E-state index contributed by atoms with van der Waals surface area (Å²) in [5.74, 6) is -1.11. The van der Waals surface area contributed by atoms with Gasteiger partial charge in [0, 0.05) is 20.6 Å². The Morgan fingerprint density at radius 2 is 1.96 bits per heavy atom. The van der Waals surface area contributed by atoms with Crippen LogP contribution >= 0.6 is 0 Å². The van der Waals surface area contributed by atoms with Crippen molar-refractivity contribution in [3.8, 4) is 6.07 Å². The molecular weight excluding hydrogens is 367 g/mol. The lowest BCUT2D eigenvalue weighted by atomic mass is 10.2. The molecule has 0 bridgehead atoms. The Morgan fingerprint density at radius 3 is 2.64 bits per heavy atom. The van der Waals surface area contributed by atoms with E-state index in [1.807, 2.05) is 6.07 Å². The SMILES string of the molecule is Cn1c(=O)c2c(ncn2CC(=O)N(CCC#N)c2ccccc2F)n(C)c1=O. The van der Waals surface area contributed by atoms with Crippen LogP contribution in [0.2, 0.25) is 0 Å². The lowest BCUT2D eigenvalue weighted by Crippen LogP contribution is -2.39. The zero-order valence-corrected chi connectivity index (χ0v) is 15.3. The summed E-state index contributed by atoms with van der Waals surface area (Å²) in [6, 6.07) is 7.69. The Kier molecular flexibility index (Phi) is 5.08. The number of nitrogens with zero attached hydrogens (tertiary/aromatic N) is 6. The first kappa shape index (κ1) is 19.0. The number of imidazole rings is 1. The summed E-state index contributed by atoms with van der Waals surface area (Å²) in [6.45, 7) is -0.302. The summed E-state index contributed by atoms with van der Waals surface area (Å²) >= 11 is 0. The van der Waals surface area contributed by atoms with Crippen molar-refractivity contribution < 1.29 is 9.18 Å². The van der Waals surface area contributed by atoms with Crippen LogP contribution in [0.25, 0.3) is 11.2 Å². The number of nitriles is 1. The number of benzene rings is 1. The average Bonchev–Trinajstić information content (AvgIpc) is 3.10. The minimum Gasteiger partial charge on any atom is -0.315 e. The van der Waals surface area contributed by atoms with Gasteiger partial charge in [0.05, 0.1) is 24.5 Å². The molecule has 1 amide bonds. The normalized spacial score (nSPS) is 10.8. The summed E-state index contributed by atoms with van der Waals surface area (Å²) in [6.07, 6.45) is 1.30. The molecule has 1 aromatic carbocycles. The fraction of sp³-hybridized carbons (Fsp3) is 0.278. The molecule has 9 nitrogen and oxygen atoms in total. The molecule has 2 heterocycles. The van der Waals surface area contributed by atoms with Gasteiger partial charge in [0.2, 0.25) is 5.91 Å². The minimum absolute atomic E-state index is 0.000603. The fourth-order valence-electron chi connectivity index (χ4n) is 2.96. The van der Waals surface area contributed by atoms with E-state index in [2.05, 4.69) is 4.98 Å². The number of carbonyl (C=O) groups excluding carboxylic acids is 1. The van der Waals surface area contributed by atoms with Crippen molar-refractivity contribution in [3.05, 3.63) is 57.2 Å². The Labute approximate surface area is 158 Å². The molecule has 0 atom stereocenters. The van der Waals surface area contributed by atoms with E-state index in [1.54, 1.807) is 6.07 Å². The molecule has 0 spiro atoms. The Balaban J connectivity index is 2.03. The summed E-state index contributed by atoms with van der Waals surface area (Å²) in [7, 11) is 2.81. The van der Waals surface area contributed by atoms with Crippen LogP contribution in [-0.4, -0.2) is 31.1 Å². The van der Waals surface area contributed by atoms with Crippen LogP contribution < -0.4 is 16.1 Å². The highest BCUT2D eigenvalue weighted by molar-refractivity contribution is 5.94. The van der Waals surface area contributed by atoms with E-state index in [0.717, 1.165) is 9.47 Å². The molecule has 0 N–H and O–H groups in total. The van der Waals surface area contributed by atoms with Gasteiger partial charge >= 0.3 is 5.69 Å². The molecule has 2 aromatic heterocycles. The molecule has 3 rings (SSSR count). The van der Waals surface area contributed by atoms with Crippen molar-refractivity contribution in [3.63, 3.8) is 0 Å². The third-order valence-corrected chi connectivity index (χ3v) is 4.41. The number of hydrogen-bond acceptors (Lipinski definition) is 5. The number of rotatable bonds is 5. The molecule has 144 valence electrons. The second-order valence-electron chi connectivity index (χ2n) is 6.16. The maximum absolute atomic E-state index is 14.2. The molecule has 3 aromatic rings. The van der Waals surface area contributed by atoms with Crippen molar-refractivity contribution >= 4 is 22.8 Å². The smallest absolute Gasteiger partial charge is 0.315 e. The summed E-state index contributed by atoms with van der Waals surface area (Å²) < 4.78 is 17.6. The summed E-state index contributed by atoms with van der Waals surface area (Å²) in [4.78, 5) is 42.6. The van der Waals surface area contributed by atoms with Crippen molar-refractivity contribution in [1.82, 2.24) is 18.7 Å². The van der Waals surface area contributed by atoms with E-state index in [9.17, 15) is 18.8 Å². The minimum atomic E-state index is -0.595. The number of carbonyl (C=O) groups is 1. The van der Waals surface area contributed by atoms with Gasteiger partial charge in [-0.2, -0.15) is 5.26 Å². The first-order valence-electron chi connectivity index (χ1n) is 8.39. The van der Waals surface area contributed by atoms with Crippen LogP contribution in [0, 0.1) is 17.1 Å². The Bertz CT molecular complexity index is 1220. The van der Waals surface area contributed by atoms with Crippen molar-refractivity contribution in [1.29, 1.82) is 5.26 Å². The van der Waals surface area contributed by atoms with Gasteiger partial charge in [0.1, 0.15) is 12.4 Å². The topological polar surface area (TPSA) is 106 Å². The van der Waals surface area contributed by atoms with Crippen LogP contribution in [0.3, 0.4) is 0 Å². The number of anilines is 1. The second-order valence-corrected chi connectivity index (χ2v) is 6.16. The molecule has 0 aliphatic rings. The first-order valence-corrected chi connectivity index (χ1v) is 8.39. The Morgan fingerprint density at radius 1 is 1.25 bits per heavy atom. The van der Waals surface area contributed by atoms with E-state index in [-0.39, 0.29) is 36.4 Å². The number of hydrogen-bond donors (Lipinski definition) is 0. The van der Waals surface area contributed by atoms with Crippen LogP contribution in [0.1, 0.15) is 6.42 Å². The highest BCUT2D eigenvalue weighted by atomic mass is 19.1. The van der Waals surface area contributed by atoms with Gasteiger partial charge in [0.25, 0.3) is 5.56 Å². The molecule has 0 fully saturated rings. The third kappa shape index (κ3) is 3.18. The van der Waals surface area contributed by atoms with Crippen LogP contribution in [0.15, 0.2) is 40.2 Å². The highest BCUT2D eigenvalue weighted by Gasteiger charge is 2.21. The van der Waals surface area contributed by atoms with Crippen LogP contribution in [0.4, 0.5) is 10.1 Å². The zero-order chi connectivity index (χ0) is 20.4. The number of aryl methyl sites for hydroxylation is 1. The molecule has 0 unspecified atom stereocenters. The van der Waals surface area contributed by atoms with E-state index < -0.39 is 23.0 Å². The molecule has 0 saturated heterocycles. The standard InChI is InChI=1S/C18H17FN6O3/c1-22-16-15(17(27)23(2)18(22)28)24(11-21-16)10-14(26)25(9-5-8-20)13-7-4-3-6-12(13)19/h3-4,6-7,11H,5,9-10H2,1-2H3. The van der Waals surface area contributed by atoms with E-state index in [1.165, 1.54) is 47.8 Å². The predicted octanol–water partition coefficient (Wildman–Crippen LogP) is 0.520. The number of amides is 1. The molecule has 10 heteroatoms. The van der Waals surface area contributed by atoms with Crippen molar-refractivity contribution in [2.24, 2.45) is 14.1 Å². The van der Waals surface area contributed by atoms with Gasteiger partial charge in [-0.25, -0.2) is 14.2 Å². The van der Waals surface area contributed by atoms with Crippen molar-refractivity contribution in [2.75, 3.05) is 11.4 Å². The van der Waals surface area contributed by atoms with Crippen LogP contribution in [0.5, 0.6) is 0 Å². The second kappa shape index (κ2) is 7.48. The van der Waals surface area contributed by atoms with Crippen LogP contribution in [-0.2, 0) is 25.4 Å². The van der Waals surface area contributed by atoms with Gasteiger partial charge in [-0.05, 0) is 12.1 Å². The largest absolute Gasteiger partial charge is 0.332 e. The summed E-state index contributed by atoms with van der Waals surface area (Å²) in [5, 5.41) is 8.86. The van der Waals surface area contributed by atoms with Gasteiger partial charge in [-0.1, -0.05) is 12.1 Å². The lowest BCUT2D eigenvalue weighted by Gasteiger charge is -2.22. The fourth-order valence-corrected chi connectivity index (χ4v) is 2.96. The third-order valence-electron chi connectivity index (χ3n) is 4.41. The number of aromatic nitrogens is 4. The molecule has 0 aliphatic carbocycles. The number of para-hydroxylation sites is 1. The average molecular weight is 384 g/mol. The molecule has 28 heavy (non-hydrogen) atoms. The molecule has 0 radical (unpaired) electrons. The maximum atomic E-state index is 14.2. The monoisotopic (exact) mass is 384 g/mol. The van der Waals surface area contributed by atoms with Gasteiger partial charge in [-0.15, -0.1) is 0 Å². The predicted molar refractivity (Wildman–Crippen MR) is 99.2 cm³/mol. The van der Waals surface area contributed by atoms with Gasteiger partial charge < -0.3 is 9.47 Å². The quantitative estimate of drug-likeness (QED) is 0.638. The van der Waals surface area contributed by atoms with Crippen molar-refractivity contribution in [2.45, 2.75) is 13.0 Å².